The minimum absolute atomic E-state index is 0.351. The lowest BCUT2D eigenvalue weighted by Gasteiger charge is -2.04. The largest absolute Gasteiger partial charge is 0.478 e. The number of carboxylic acid groups (broad SMARTS) is 1. The van der Waals surface area contributed by atoms with Crippen molar-refractivity contribution in [2.45, 2.75) is 19.9 Å². The lowest BCUT2D eigenvalue weighted by molar-refractivity contribution is 0.0697. The third-order valence-corrected chi connectivity index (χ3v) is 4.22. The number of benzene rings is 1. The van der Waals surface area contributed by atoms with Gasteiger partial charge in [0.25, 0.3) is 0 Å². The summed E-state index contributed by atoms with van der Waals surface area (Å²) in [5.41, 5.74) is 2.46. The summed E-state index contributed by atoms with van der Waals surface area (Å²) in [5.74, 6) is 0.101. The summed E-state index contributed by atoms with van der Waals surface area (Å²) in [6, 6.07) is 9.78. The zero-order valence-corrected chi connectivity index (χ0v) is 11.9. The maximum Gasteiger partial charge on any atom is 0.336 e. The molecule has 0 aliphatic carbocycles. The number of aryl methyl sites for hydroxylation is 1. The lowest BCUT2D eigenvalue weighted by atomic mass is 10.2. The molecule has 0 saturated heterocycles. The maximum atomic E-state index is 10.9. The second-order valence-corrected chi connectivity index (χ2v) is 5.54. The Morgan fingerprint density at radius 3 is 2.90 bits per heavy atom. The standard InChI is InChI=1S/C15H14N2O2S/c1-2-17-13-6-4-3-5-12(13)16-14(17)8-11-7-10(9-20-11)15(18)19/h3-7,9H,2,8H2,1H3,(H,18,19). The Kier molecular flexibility index (Phi) is 3.28. The van der Waals surface area contributed by atoms with Crippen molar-refractivity contribution in [3.63, 3.8) is 0 Å². The first kappa shape index (κ1) is 12.9. The molecule has 3 aromatic rings. The molecule has 5 heteroatoms. The van der Waals surface area contributed by atoms with Crippen LogP contribution in [0.2, 0.25) is 0 Å². The van der Waals surface area contributed by atoms with Crippen LogP contribution < -0.4 is 0 Å². The van der Waals surface area contributed by atoms with E-state index in [1.54, 1.807) is 11.4 Å². The summed E-state index contributed by atoms with van der Waals surface area (Å²) in [6.07, 6.45) is 0.667. The molecule has 0 fully saturated rings. The minimum atomic E-state index is -0.878. The summed E-state index contributed by atoms with van der Waals surface area (Å²) in [6.45, 7) is 2.95. The van der Waals surface area contributed by atoms with Crippen molar-refractivity contribution < 1.29 is 9.90 Å². The van der Waals surface area contributed by atoms with Crippen LogP contribution in [0.5, 0.6) is 0 Å². The highest BCUT2D eigenvalue weighted by molar-refractivity contribution is 7.10. The van der Waals surface area contributed by atoms with Crippen LogP contribution in [0.25, 0.3) is 11.0 Å². The van der Waals surface area contributed by atoms with E-state index in [0.29, 0.717) is 12.0 Å². The number of thiophene rings is 1. The third-order valence-electron chi connectivity index (χ3n) is 3.28. The van der Waals surface area contributed by atoms with Gasteiger partial charge < -0.3 is 9.67 Å². The van der Waals surface area contributed by atoms with Crippen molar-refractivity contribution in [1.82, 2.24) is 9.55 Å². The van der Waals surface area contributed by atoms with E-state index in [9.17, 15) is 4.79 Å². The van der Waals surface area contributed by atoms with E-state index in [4.69, 9.17) is 5.11 Å². The molecule has 4 nitrogen and oxygen atoms in total. The van der Waals surface area contributed by atoms with Crippen LogP contribution in [0.3, 0.4) is 0 Å². The van der Waals surface area contributed by atoms with Crippen molar-refractivity contribution in [3.8, 4) is 0 Å². The van der Waals surface area contributed by atoms with Gasteiger partial charge in [-0.15, -0.1) is 11.3 Å². The molecule has 2 heterocycles. The van der Waals surface area contributed by atoms with Gasteiger partial charge in [0.2, 0.25) is 0 Å². The lowest BCUT2D eigenvalue weighted by Crippen LogP contribution is -2.01. The first-order chi connectivity index (χ1) is 9.69. The van der Waals surface area contributed by atoms with Crippen LogP contribution in [0.4, 0.5) is 0 Å². The van der Waals surface area contributed by atoms with Crippen molar-refractivity contribution in [1.29, 1.82) is 0 Å². The van der Waals surface area contributed by atoms with Crippen LogP contribution in [-0.2, 0) is 13.0 Å². The maximum absolute atomic E-state index is 10.9. The number of imidazole rings is 1. The number of rotatable bonds is 4. The van der Waals surface area contributed by atoms with E-state index in [-0.39, 0.29) is 0 Å². The zero-order valence-electron chi connectivity index (χ0n) is 11.0. The van der Waals surface area contributed by atoms with Crippen LogP contribution in [-0.4, -0.2) is 20.6 Å². The van der Waals surface area contributed by atoms with Gasteiger partial charge in [0.15, 0.2) is 0 Å². The topological polar surface area (TPSA) is 55.1 Å². The Morgan fingerprint density at radius 2 is 2.20 bits per heavy atom. The molecule has 0 atom stereocenters. The Bertz CT molecular complexity index is 773. The summed E-state index contributed by atoms with van der Waals surface area (Å²) in [4.78, 5) is 16.6. The number of fused-ring (bicyclic) bond motifs is 1. The highest BCUT2D eigenvalue weighted by atomic mass is 32.1. The molecule has 0 aliphatic heterocycles. The van der Waals surface area contributed by atoms with Gasteiger partial charge in [-0.3, -0.25) is 0 Å². The monoisotopic (exact) mass is 286 g/mol. The number of aromatic carboxylic acids is 1. The predicted octanol–water partition coefficient (Wildman–Crippen LogP) is 3.41. The fraction of sp³-hybridized carbons (Fsp3) is 0.200. The molecule has 0 aliphatic rings. The number of aromatic nitrogens is 2. The highest BCUT2D eigenvalue weighted by Crippen LogP contribution is 2.22. The molecule has 20 heavy (non-hydrogen) atoms. The quantitative estimate of drug-likeness (QED) is 0.799. The second-order valence-electron chi connectivity index (χ2n) is 4.54. The molecular formula is C15H14N2O2S. The SMILES string of the molecule is CCn1c(Cc2cc(C(=O)O)cs2)nc2ccccc21. The molecule has 102 valence electrons. The van der Waals surface area contributed by atoms with Gasteiger partial charge in [0.1, 0.15) is 5.82 Å². The van der Waals surface area contributed by atoms with Gasteiger partial charge in [0, 0.05) is 23.2 Å². The molecule has 0 saturated carbocycles. The van der Waals surface area contributed by atoms with E-state index in [2.05, 4.69) is 22.5 Å². The average Bonchev–Trinajstić information content (AvgIpc) is 3.02. The molecule has 0 bridgehead atoms. The normalized spacial score (nSPS) is 11.1. The molecule has 0 unspecified atom stereocenters. The number of hydrogen-bond acceptors (Lipinski definition) is 3. The molecule has 1 aromatic carbocycles. The van der Waals surface area contributed by atoms with Gasteiger partial charge in [-0.2, -0.15) is 0 Å². The molecule has 0 spiro atoms. The van der Waals surface area contributed by atoms with Crippen molar-refractivity contribution in [2.75, 3.05) is 0 Å². The smallest absolute Gasteiger partial charge is 0.336 e. The Balaban J connectivity index is 1.99. The summed E-state index contributed by atoms with van der Waals surface area (Å²) in [7, 11) is 0. The fourth-order valence-corrected chi connectivity index (χ4v) is 3.21. The van der Waals surface area contributed by atoms with Gasteiger partial charge >= 0.3 is 5.97 Å². The first-order valence-electron chi connectivity index (χ1n) is 6.44. The number of nitrogens with zero attached hydrogens (tertiary/aromatic N) is 2. The highest BCUT2D eigenvalue weighted by Gasteiger charge is 2.12. The van der Waals surface area contributed by atoms with Crippen LogP contribution in [0, 0.1) is 0 Å². The number of carbonyl (C=O) groups is 1. The molecule has 1 N–H and O–H groups in total. The van der Waals surface area contributed by atoms with Crippen LogP contribution in [0.1, 0.15) is 28.0 Å². The van der Waals surface area contributed by atoms with Gasteiger partial charge in [-0.05, 0) is 25.1 Å². The minimum Gasteiger partial charge on any atom is -0.478 e. The van der Waals surface area contributed by atoms with Crippen molar-refractivity contribution >= 4 is 28.3 Å². The van der Waals surface area contributed by atoms with E-state index in [0.717, 1.165) is 28.3 Å². The Hall–Kier alpha value is -2.14. The summed E-state index contributed by atoms with van der Waals surface area (Å²) >= 11 is 1.47. The fourth-order valence-electron chi connectivity index (χ4n) is 2.35. The molecule has 0 radical (unpaired) electrons. The first-order valence-corrected chi connectivity index (χ1v) is 7.32. The third kappa shape index (κ3) is 2.20. The van der Waals surface area contributed by atoms with Gasteiger partial charge in [-0.1, -0.05) is 12.1 Å². The Morgan fingerprint density at radius 1 is 1.40 bits per heavy atom. The number of para-hydroxylation sites is 2. The average molecular weight is 286 g/mol. The molecule has 3 rings (SSSR count). The van der Waals surface area contributed by atoms with Crippen molar-refractivity contribution in [2.24, 2.45) is 0 Å². The van der Waals surface area contributed by atoms with Gasteiger partial charge in [-0.25, -0.2) is 9.78 Å². The van der Waals surface area contributed by atoms with E-state index >= 15 is 0 Å². The number of carboxylic acids is 1. The number of hydrogen-bond donors (Lipinski definition) is 1. The molecular weight excluding hydrogens is 272 g/mol. The summed E-state index contributed by atoms with van der Waals surface area (Å²) < 4.78 is 2.18. The van der Waals surface area contributed by atoms with Gasteiger partial charge in [0.05, 0.1) is 16.6 Å². The zero-order chi connectivity index (χ0) is 14.1. The van der Waals surface area contributed by atoms with E-state index in [1.807, 2.05) is 18.2 Å². The van der Waals surface area contributed by atoms with Crippen molar-refractivity contribution in [3.05, 3.63) is 52.0 Å². The summed E-state index contributed by atoms with van der Waals surface area (Å²) in [5, 5.41) is 10.6. The van der Waals surface area contributed by atoms with Crippen LogP contribution >= 0.6 is 11.3 Å². The Labute approximate surface area is 120 Å². The molecule has 2 aromatic heterocycles. The molecule has 0 amide bonds. The second kappa shape index (κ2) is 5.09. The van der Waals surface area contributed by atoms with E-state index in [1.165, 1.54) is 11.3 Å². The predicted molar refractivity (Wildman–Crippen MR) is 79.5 cm³/mol. The van der Waals surface area contributed by atoms with E-state index < -0.39 is 5.97 Å². The van der Waals surface area contributed by atoms with Crippen LogP contribution in [0.15, 0.2) is 35.7 Å².